The van der Waals surface area contributed by atoms with E-state index in [9.17, 15) is 5.11 Å². The first-order chi connectivity index (χ1) is 7.83. The largest absolute Gasteiger partial charge is 0.396 e. The van der Waals surface area contributed by atoms with Crippen molar-refractivity contribution in [3.63, 3.8) is 0 Å². The van der Waals surface area contributed by atoms with Crippen molar-refractivity contribution >= 4 is 11.8 Å². The van der Waals surface area contributed by atoms with E-state index < -0.39 is 0 Å². The first-order valence-electron chi connectivity index (χ1n) is 6.19. The van der Waals surface area contributed by atoms with Gasteiger partial charge in [0.1, 0.15) is 0 Å². The van der Waals surface area contributed by atoms with Crippen molar-refractivity contribution < 1.29 is 5.11 Å². The highest BCUT2D eigenvalue weighted by Crippen LogP contribution is 2.31. The maximum absolute atomic E-state index is 9.22. The summed E-state index contributed by atoms with van der Waals surface area (Å²) in [5.74, 6) is 1.69. The lowest BCUT2D eigenvalue weighted by atomic mass is 9.96. The number of aliphatic hydroxyl groups is 1. The highest BCUT2D eigenvalue weighted by molar-refractivity contribution is 7.99. The Morgan fingerprint density at radius 3 is 3.06 bits per heavy atom. The summed E-state index contributed by atoms with van der Waals surface area (Å²) in [6.07, 6.45) is 4.61. The van der Waals surface area contributed by atoms with Crippen LogP contribution < -0.4 is 0 Å². The fourth-order valence-electron chi connectivity index (χ4n) is 2.21. The van der Waals surface area contributed by atoms with Crippen molar-refractivity contribution in [1.82, 2.24) is 0 Å². The molecular formula is C14H20OS. The van der Waals surface area contributed by atoms with Crippen LogP contribution in [0.25, 0.3) is 0 Å². The van der Waals surface area contributed by atoms with E-state index in [0.717, 1.165) is 12.8 Å². The number of thioether (sulfide) groups is 1. The van der Waals surface area contributed by atoms with Gasteiger partial charge in [-0.25, -0.2) is 0 Å². The fraction of sp³-hybridized carbons (Fsp3) is 0.571. The van der Waals surface area contributed by atoms with Crippen molar-refractivity contribution in [2.75, 3.05) is 12.4 Å². The molecule has 2 rings (SSSR count). The average Bonchev–Trinajstić information content (AvgIpc) is 2.35. The Bertz CT molecular complexity index is 345. The van der Waals surface area contributed by atoms with Crippen LogP contribution in [0, 0.1) is 5.92 Å². The van der Waals surface area contributed by atoms with Crippen LogP contribution in [0.4, 0.5) is 0 Å². The van der Waals surface area contributed by atoms with Crippen molar-refractivity contribution in [2.24, 2.45) is 5.92 Å². The van der Waals surface area contributed by atoms with Gasteiger partial charge in [-0.1, -0.05) is 25.5 Å². The number of fused-ring (bicyclic) bond motifs is 1. The summed E-state index contributed by atoms with van der Waals surface area (Å²) >= 11 is 1.98. The molecule has 16 heavy (non-hydrogen) atoms. The standard InChI is InChI=1S/C14H20OS/c1-2-11(10-15)8-12-5-6-14-13(9-12)4-3-7-16-14/h5-6,9,11,15H,2-4,7-8,10H2,1H3. The summed E-state index contributed by atoms with van der Waals surface area (Å²) in [7, 11) is 0. The number of benzene rings is 1. The second kappa shape index (κ2) is 5.74. The number of hydrogen-bond acceptors (Lipinski definition) is 2. The number of rotatable bonds is 4. The molecule has 1 aromatic carbocycles. The van der Waals surface area contributed by atoms with Gasteiger partial charge in [-0.2, -0.15) is 0 Å². The summed E-state index contributed by atoms with van der Waals surface area (Å²) in [5.41, 5.74) is 2.91. The number of hydrogen-bond donors (Lipinski definition) is 1. The molecule has 1 N–H and O–H groups in total. The van der Waals surface area contributed by atoms with E-state index in [1.807, 2.05) is 11.8 Å². The van der Waals surface area contributed by atoms with Crippen molar-refractivity contribution in [2.45, 2.75) is 37.5 Å². The third-order valence-corrected chi connectivity index (χ3v) is 4.53. The Balaban J connectivity index is 2.10. The third kappa shape index (κ3) is 2.80. The zero-order valence-corrected chi connectivity index (χ0v) is 10.7. The Morgan fingerprint density at radius 2 is 2.31 bits per heavy atom. The average molecular weight is 236 g/mol. The number of aliphatic hydroxyl groups excluding tert-OH is 1. The molecule has 0 amide bonds. The molecule has 0 saturated heterocycles. The molecule has 1 atom stereocenters. The minimum atomic E-state index is 0.308. The van der Waals surface area contributed by atoms with Crippen LogP contribution in [0.3, 0.4) is 0 Å². The van der Waals surface area contributed by atoms with Gasteiger partial charge in [0.2, 0.25) is 0 Å². The minimum Gasteiger partial charge on any atom is -0.396 e. The van der Waals surface area contributed by atoms with Crippen molar-refractivity contribution in [3.8, 4) is 0 Å². The maximum Gasteiger partial charge on any atom is 0.0462 e. The molecule has 1 aromatic rings. The Labute approximate surface area is 102 Å². The van der Waals surface area contributed by atoms with Gasteiger partial charge in [-0.05, 0) is 48.1 Å². The molecule has 0 spiro atoms. The normalized spacial score (nSPS) is 16.9. The van der Waals surface area contributed by atoms with Crippen molar-refractivity contribution in [1.29, 1.82) is 0 Å². The van der Waals surface area contributed by atoms with Crippen LogP contribution in [0.15, 0.2) is 23.1 Å². The van der Waals surface area contributed by atoms with Crippen LogP contribution in [-0.2, 0) is 12.8 Å². The van der Waals surface area contributed by atoms with E-state index in [2.05, 4.69) is 25.1 Å². The molecule has 0 bridgehead atoms. The monoisotopic (exact) mass is 236 g/mol. The summed E-state index contributed by atoms with van der Waals surface area (Å²) in [4.78, 5) is 1.46. The van der Waals surface area contributed by atoms with E-state index in [-0.39, 0.29) is 0 Å². The van der Waals surface area contributed by atoms with Gasteiger partial charge in [-0.3, -0.25) is 0 Å². The highest BCUT2D eigenvalue weighted by atomic mass is 32.2. The summed E-state index contributed by atoms with van der Waals surface area (Å²) in [5, 5.41) is 9.22. The number of aryl methyl sites for hydroxylation is 1. The summed E-state index contributed by atoms with van der Waals surface area (Å²) in [6.45, 7) is 2.46. The molecule has 2 heteroatoms. The fourth-order valence-corrected chi connectivity index (χ4v) is 3.23. The van der Waals surface area contributed by atoms with Crippen molar-refractivity contribution in [3.05, 3.63) is 29.3 Å². The zero-order valence-electron chi connectivity index (χ0n) is 9.91. The van der Waals surface area contributed by atoms with Gasteiger partial charge >= 0.3 is 0 Å². The molecule has 0 aromatic heterocycles. The van der Waals surface area contributed by atoms with Gasteiger partial charge < -0.3 is 5.11 Å². The molecule has 0 aliphatic carbocycles. The van der Waals surface area contributed by atoms with E-state index in [1.165, 1.54) is 34.6 Å². The Morgan fingerprint density at radius 1 is 1.44 bits per heavy atom. The molecule has 1 nitrogen and oxygen atoms in total. The van der Waals surface area contributed by atoms with Gasteiger partial charge in [0.05, 0.1) is 0 Å². The van der Waals surface area contributed by atoms with Crippen LogP contribution in [0.5, 0.6) is 0 Å². The summed E-state index contributed by atoms with van der Waals surface area (Å²) in [6, 6.07) is 6.84. The lowest BCUT2D eigenvalue weighted by Gasteiger charge is -2.17. The van der Waals surface area contributed by atoms with Gasteiger partial charge in [0.15, 0.2) is 0 Å². The quantitative estimate of drug-likeness (QED) is 0.865. The second-order valence-corrected chi connectivity index (χ2v) is 5.69. The van der Waals surface area contributed by atoms with E-state index in [0.29, 0.717) is 12.5 Å². The lowest BCUT2D eigenvalue weighted by molar-refractivity contribution is 0.222. The van der Waals surface area contributed by atoms with Gasteiger partial charge in [-0.15, -0.1) is 11.8 Å². The first kappa shape index (κ1) is 12.0. The molecule has 0 saturated carbocycles. The van der Waals surface area contributed by atoms with E-state index >= 15 is 0 Å². The molecule has 1 aliphatic rings. The molecule has 88 valence electrons. The van der Waals surface area contributed by atoms with E-state index in [1.54, 1.807) is 0 Å². The molecule has 1 heterocycles. The Hall–Kier alpha value is -0.470. The van der Waals surface area contributed by atoms with Gasteiger partial charge in [0.25, 0.3) is 0 Å². The molecule has 0 fully saturated rings. The molecule has 1 unspecified atom stereocenters. The van der Waals surface area contributed by atoms with Crippen LogP contribution in [-0.4, -0.2) is 17.5 Å². The SMILES string of the molecule is CCC(CO)Cc1ccc2c(c1)CCCS2. The third-order valence-electron chi connectivity index (χ3n) is 3.33. The second-order valence-electron chi connectivity index (χ2n) is 4.56. The highest BCUT2D eigenvalue weighted by Gasteiger charge is 2.12. The predicted molar refractivity (Wildman–Crippen MR) is 70.1 cm³/mol. The summed E-state index contributed by atoms with van der Waals surface area (Å²) < 4.78 is 0. The van der Waals surface area contributed by atoms with Crippen LogP contribution in [0.1, 0.15) is 30.9 Å². The maximum atomic E-state index is 9.22. The predicted octanol–water partition coefficient (Wildman–Crippen LogP) is 3.29. The topological polar surface area (TPSA) is 20.2 Å². The lowest BCUT2D eigenvalue weighted by Crippen LogP contribution is -2.09. The minimum absolute atomic E-state index is 0.308. The van der Waals surface area contributed by atoms with Gasteiger partial charge in [0, 0.05) is 11.5 Å². The smallest absolute Gasteiger partial charge is 0.0462 e. The Kier molecular flexibility index (Phi) is 4.30. The van der Waals surface area contributed by atoms with E-state index in [4.69, 9.17) is 0 Å². The van der Waals surface area contributed by atoms with Crippen LogP contribution >= 0.6 is 11.8 Å². The van der Waals surface area contributed by atoms with Crippen LogP contribution in [0.2, 0.25) is 0 Å². The first-order valence-corrected chi connectivity index (χ1v) is 7.17. The molecular weight excluding hydrogens is 216 g/mol. The molecule has 0 radical (unpaired) electrons. The molecule has 1 aliphatic heterocycles. The zero-order chi connectivity index (χ0) is 11.4.